The zero-order valence-corrected chi connectivity index (χ0v) is 10.1. The number of hydrogen-bond acceptors (Lipinski definition) is 1. The Morgan fingerprint density at radius 3 is 2.33 bits per heavy atom. The molecular weight excluding hydrogens is 241 g/mol. The molecule has 0 saturated carbocycles. The summed E-state index contributed by atoms with van der Waals surface area (Å²) in [5.41, 5.74) is -0.683. The standard InChI is InChI=1S/C14H15F3O/c1-2-3-9-13(18)12(14(15,16)17)10-11-7-5-4-6-8-11/h4-8,10H,2-3,9H2,1H3/b12-10+. The zero-order valence-electron chi connectivity index (χ0n) is 10.1. The minimum Gasteiger partial charge on any atom is -0.294 e. The highest BCUT2D eigenvalue weighted by atomic mass is 19.4. The van der Waals surface area contributed by atoms with Gasteiger partial charge in [0.15, 0.2) is 5.78 Å². The summed E-state index contributed by atoms with van der Waals surface area (Å²) in [5, 5.41) is 0. The molecule has 0 saturated heterocycles. The van der Waals surface area contributed by atoms with E-state index in [9.17, 15) is 18.0 Å². The van der Waals surface area contributed by atoms with Crippen molar-refractivity contribution in [3.63, 3.8) is 0 Å². The number of hydrogen-bond donors (Lipinski definition) is 0. The van der Waals surface area contributed by atoms with E-state index in [2.05, 4.69) is 0 Å². The number of carbonyl (C=O) groups is 1. The van der Waals surface area contributed by atoms with Gasteiger partial charge >= 0.3 is 6.18 Å². The molecule has 0 atom stereocenters. The largest absolute Gasteiger partial charge is 0.419 e. The molecule has 0 heterocycles. The van der Waals surface area contributed by atoms with Gasteiger partial charge in [0, 0.05) is 6.42 Å². The fraction of sp³-hybridized carbons (Fsp3) is 0.357. The lowest BCUT2D eigenvalue weighted by Gasteiger charge is -2.10. The average molecular weight is 256 g/mol. The summed E-state index contributed by atoms with van der Waals surface area (Å²) in [6.07, 6.45) is -2.57. The van der Waals surface area contributed by atoms with Crippen LogP contribution in [0.25, 0.3) is 6.08 Å². The van der Waals surface area contributed by atoms with Gasteiger partial charge in [0.05, 0.1) is 5.57 Å². The Labute approximate surface area is 104 Å². The molecule has 0 spiro atoms. The average Bonchev–Trinajstić information content (AvgIpc) is 2.33. The van der Waals surface area contributed by atoms with Crippen LogP contribution in [0.3, 0.4) is 0 Å². The molecule has 98 valence electrons. The van der Waals surface area contributed by atoms with E-state index >= 15 is 0 Å². The van der Waals surface area contributed by atoms with Crippen molar-refractivity contribution in [2.24, 2.45) is 0 Å². The third kappa shape index (κ3) is 4.35. The Bertz CT molecular complexity index is 418. The first kappa shape index (κ1) is 14.5. The third-order valence-corrected chi connectivity index (χ3v) is 2.47. The highest BCUT2D eigenvalue weighted by Gasteiger charge is 2.37. The van der Waals surface area contributed by atoms with Crippen molar-refractivity contribution in [3.05, 3.63) is 41.5 Å². The number of ketones is 1. The zero-order chi connectivity index (χ0) is 13.6. The Hall–Kier alpha value is -1.58. The molecule has 0 fully saturated rings. The number of halogens is 3. The molecule has 0 radical (unpaired) electrons. The van der Waals surface area contributed by atoms with Crippen molar-refractivity contribution in [1.82, 2.24) is 0 Å². The predicted octanol–water partition coefficient (Wildman–Crippen LogP) is 4.39. The van der Waals surface area contributed by atoms with E-state index in [1.54, 1.807) is 30.3 Å². The van der Waals surface area contributed by atoms with Gasteiger partial charge < -0.3 is 0 Å². The first-order valence-corrected chi connectivity index (χ1v) is 5.82. The summed E-state index contributed by atoms with van der Waals surface area (Å²) >= 11 is 0. The molecule has 18 heavy (non-hydrogen) atoms. The molecule has 1 rings (SSSR count). The third-order valence-electron chi connectivity index (χ3n) is 2.47. The summed E-state index contributed by atoms with van der Waals surface area (Å²) in [6, 6.07) is 8.06. The van der Waals surface area contributed by atoms with Crippen LogP contribution < -0.4 is 0 Å². The smallest absolute Gasteiger partial charge is 0.294 e. The van der Waals surface area contributed by atoms with Gasteiger partial charge in [-0.2, -0.15) is 13.2 Å². The van der Waals surface area contributed by atoms with Gasteiger partial charge in [-0.15, -0.1) is 0 Å². The van der Waals surface area contributed by atoms with Crippen molar-refractivity contribution in [3.8, 4) is 0 Å². The van der Waals surface area contributed by atoms with Gasteiger partial charge in [0.1, 0.15) is 0 Å². The second-order valence-electron chi connectivity index (χ2n) is 3.99. The maximum atomic E-state index is 12.8. The summed E-state index contributed by atoms with van der Waals surface area (Å²) in [7, 11) is 0. The van der Waals surface area contributed by atoms with Crippen molar-refractivity contribution >= 4 is 11.9 Å². The van der Waals surface area contributed by atoms with Crippen LogP contribution in [0.15, 0.2) is 35.9 Å². The van der Waals surface area contributed by atoms with Crippen molar-refractivity contribution in [1.29, 1.82) is 0 Å². The number of carbonyl (C=O) groups excluding carboxylic acids is 1. The van der Waals surface area contributed by atoms with Crippen molar-refractivity contribution in [2.75, 3.05) is 0 Å². The van der Waals surface area contributed by atoms with E-state index in [1.165, 1.54) is 0 Å². The van der Waals surface area contributed by atoms with Crippen molar-refractivity contribution in [2.45, 2.75) is 32.4 Å². The van der Waals surface area contributed by atoms with E-state index < -0.39 is 17.5 Å². The van der Waals surface area contributed by atoms with Crippen LogP contribution in [0.4, 0.5) is 13.2 Å². The molecule has 0 aliphatic heterocycles. The van der Waals surface area contributed by atoms with E-state index in [-0.39, 0.29) is 6.42 Å². The SMILES string of the molecule is CCCCC(=O)/C(=C\c1ccccc1)C(F)(F)F. The van der Waals surface area contributed by atoms with Gasteiger partial charge in [-0.05, 0) is 18.1 Å². The molecule has 1 aromatic carbocycles. The summed E-state index contributed by atoms with van der Waals surface area (Å²) in [4.78, 5) is 11.6. The van der Waals surface area contributed by atoms with E-state index in [0.29, 0.717) is 18.4 Å². The van der Waals surface area contributed by atoms with Crippen LogP contribution in [0, 0.1) is 0 Å². The molecular formula is C14H15F3O. The van der Waals surface area contributed by atoms with E-state index in [1.807, 2.05) is 6.92 Å². The van der Waals surface area contributed by atoms with Gasteiger partial charge in [-0.3, -0.25) is 4.79 Å². The highest BCUT2D eigenvalue weighted by molar-refractivity contribution is 6.00. The minimum absolute atomic E-state index is 0.0608. The number of benzene rings is 1. The number of Topliss-reactive ketones (excluding diaryl/α,β-unsaturated/α-hetero) is 1. The number of alkyl halides is 3. The molecule has 0 aliphatic rings. The lowest BCUT2D eigenvalue weighted by molar-refractivity contribution is -0.128. The molecule has 0 unspecified atom stereocenters. The number of unbranched alkanes of at least 4 members (excludes halogenated alkanes) is 1. The molecule has 0 aliphatic carbocycles. The molecule has 1 nitrogen and oxygen atoms in total. The van der Waals surface area contributed by atoms with E-state index in [0.717, 1.165) is 6.08 Å². The monoisotopic (exact) mass is 256 g/mol. The Morgan fingerprint density at radius 1 is 1.22 bits per heavy atom. The molecule has 4 heteroatoms. The highest BCUT2D eigenvalue weighted by Crippen LogP contribution is 2.29. The maximum Gasteiger partial charge on any atom is 0.419 e. The predicted molar refractivity (Wildman–Crippen MR) is 65.0 cm³/mol. The summed E-state index contributed by atoms with van der Waals surface area (Å²) < 4.78 is 38.4. The number of allylic oxidation sites excluding steroid dienone is 1. The van der Waals surface area contributed by atoms with Crippen LogP contribution in [-0.2, 0) is 4.79 Å². The molecule has 1 aromatic rings. The first-order chi connectivity index (χ1) is 8.45. The maximum absolute atomic E-state index is 12.8. The fourth-order valence-corrected chi connectivity index (χ4v) is 1.51. The van der Waals surface area contributed by atoms with Crippen LogP contribution in [0.2, 0.25) is 0 Å². The molecule has 0 bridgehead atoms. The molecule has 0 amide bonds. The van der Waals surface area contributed by atoms with E-state index in [4.69, 9.17) is 0 Å². The Balaban J connectivity index is 3.00. The Morgan fingerprint density at radius 2 is 1.83 bits per heavy atom. The lowest BCUT2D eigenvalue weighted by atomic mass is 10.0. The van der Waals surface area contributed by atoms with Crippen LogP contribution in [-0.4, -0.2) is 12.0 Å². The number of rotatable bonds is 5. The van der Waals surface area contributed by atoms with Crippen LogP contribution in [0.5, 0.6) is 0 Å². The van der Waals surface area contributed by atoms with Gasteiger partial charge in [0.25, 0.3) is 0 Å². The first-order valence-electron chi connectivity index (χ1n) is 5.82. The van der Waals surface area contributed by atoms with Crippen LogP contribution >= 0.6 is 0 Å². The van der Waals surface area contributed by atoms with Gasteiger partial charge in [-0.1, -0.05) is 43.7 Å². The van der Waals surface area contributed by atoms with Crippen LogP contribution in [0.1, 0.15) is 31.7 Å². The Kier molecular flexibility index (Phi) is 5.13. The fourth-order valence-electron chi connectivity index (χ4n) is 1.51. The van der Waals surface area contributed by atoms with Crippen molar-refractivity contribution < 1.29 is 18.0 Å². The second-order valence-corrected chi connectivity index (χ2v) is 3.99. The van der Waals surface area contributed by atoms with Gasteiger partial charge in [-0.25, -0.2) is 0 Å². The quantitative estimate of drug-likeness (QED) is 0.714. The molecule has 0 aromatic heterocycles. The summed E-state index contributed by atoms with van der Waals surface area (Å²) in [5.74, 6) is -0.840. The normalized spacial score (nSPS) is 12.6. The topological polar surface area (TPSA) is 17.1 Å². The molecule has 0 N–H and O–H groups in total. The lowest BCUT2D eigenvalue weighted by Crippen LogP contribution is -2.19. The summed E-state index contributed by atoms with van der Waals surface area (Å²) in [6.45, 7) is 1.83. The van der Waals surface area contributed by atoms with Gasteiger partial charge in [0.2, 0.25) is 0 Å². The second kappa shape index (κ2) is 6.38. The minimum atomic E-state index is -4.60.